The van der Waals surface area contributed by atoms with Crippen molar-refractivity contribution in [2.45, 2.75) is 19.8 Å². The molecule has 0 aliphatic carbocycles. The monoisotopic (exact) mass is 282 g/mol. The fourth-order valence-electron chi connectivity index (χ4n) is 1.98. The van der Waals surface area contributed by atoms with E-state index in [9.17, 15) is 9.90 Å². The Bertz CT molecular complexity index is 636. The highest BCUT2D eigenvalue weighted by atomic mass is 16.3. The minimum atomic E-state index is -0.419. The van der Waals surface area contributed by atoms with Crippen molar-refractivity contribution in [2.24, 2.45) is 5.10 Å². The van der Waals surface area contributed by atoms with Crippen molar-refractivity contribution in [2.75, 3.05) is 0 Å². The molecule has 0 spiro atoms. The van der Waals surface area contributed by atoms with E-state index >= 15 is 0 Å². The van der Waals surface area contributed by atoms with Crippen molar-refractivity contribution in [1.29, 1.82) is 0 Å². The molecule has 0 atom stereocenters. The quantitative estimate of drug-likeness (QED) is 0.652. The lowest BCUT2D eigenvalue weighted by atomic mass is 10.1. The molecule has 0 saturated carbocycles. The van der Waals surface area contributed by atoms with Gasteiger partial charge in [0, 0.05) is 0 Å². The van der Waals surface area contributed by atoms with Gasteiger partial charge in [-0.15, -0.1) is 0 Å². The summed E-state index contributed by atoms with van der Waals surface area (Å²) in [6.07, 6.45) is 1.70. The van der Waals surface area contributed by atoms with Gasteiger partial charge in [0.2, 0.25) is 0 Å². The number of phenolic OH excluding ortho intramolecular Hbond substituents is 1. The fourth-order valence-corrected chi connectivity index (χ4v) is 1.98. The molecule has 0 unspecified atom stereocenters. The molecule has 21 heavy (non-hydrogen) atoms. The number of carbonyl (C=O) groups excluding carboxylic acids is 1. The molecule has 0 aromatic heterocycles. The number of phenols is 1. The number of benzene rings is 2. The van der Waals surface area contributed by atoms with Gasteiger partial charge in [-0.1, -0.05) is 55.8 Å². The van der Waals surface area contributed by atoms with Gasteiger partial charge in [0.1, 0.15) is 5.75 Å². The van der Waals surface area contributed by atoms with E-state index in [2.05, 4.69) is 17.5 Å². The Balaban J connectivity index is 2.17. The first-order valence-electron chi connectivity index (χ1n) is 6.92. The van der Waals surface area contributed by atoms with Gasteiger partial charge >= 0.3 is 0 Å². The Morgan fingerprint density at radius 3 is 2.43 bits per heavy atom. The van der Waals surface area contributed by atoms with Crippen LogP contribution in [-0.2, 0) is 0 Å². The summed E-state index contributed by atoms with van der Waals surface area (Å²) in [4.78, 5) is 12.0. The highest BCUT2D eigenvalue weighted by molar-refractivity contribution is 6.02. The average molecular weight is 282 g/mol. The fraction of sp³-hybridized carbons (Fsp3) is 0.176. The van der Waals surface area contributed by atoms with Gasteiger partial charge in [-0.25, -0.2) is 5.43 Å². The van der Waals surface area contributed by atoms with Crippen LogP contribution in [0, 0.1) is 0 Å². The molecule has 4 heteroatoms. The number of amides is 1. The summed E-state index contributed by atoms with van der Waals surface area (Å²) in [5, 5.41) is 13.9. The summed E-state index contributed by atoms with van der Waals surface area (Å²) in [5.41, 5.74) is 4.53. The lowest BCUT2D eigenvalue weighted by Crippen LogP contribution is -2.20. The highest BCUT2D eigenvalue weighted by Gasteiger charge is 2.10. The summed E-state index contributed by atoms with van der Waals surface area (Å²) >= 11 is 0. The van der Waals surface area contributed by atoms with Crippen LogP contribution in [0.5, 0.6) is 5.75 Å². The van der Waals surface area contributed by atoms with Crippen LogP contribution in [0.2, 0.25) is 0 Å². The maximum atomic E-state index is 12.0. The largest absolute Gasteiger partial charge is 0.507 e. The number of rotatable bonds is 5. The Morgan fingerprint density at radius 2 is 1.76 bits per heavy atom. The average Bonchev–Trinajstić information content (AvgIpc) is 2.52. The van der Waals surface area contributed by atoms with Gasteiger partial charge in [-0.2, -0.15) is 5.10 Å². The summed E-state index contributed by atoms with van der Waals surface area (Å²) in [6, 6.07) is 16.1. The molecular formula is C17H18N2O2. The standard InChI is InChI=1S/C17H18N2O2/c1-2-8-15(13-9-4-3-5-10-13)18-19-17(21)14-11-6-7-12-16(14)20/h3-7,9-12,20H,2,8H2,1H3,(H,19,21). The van der Waals surface area contributed by atoms with E-state index in [0.717, 1.165) is 24.1 Å². The Labute approximate surface area is 124 Å². The van der Waals surface area contributed by atoms with Crippen LogP contribution in [-0.4, -0.2) is 16.7 Å². The normalized spacial score (nSPS) is 11.2. The van der Waals surface area contributed by atoms with Crippen molar-refractivity contribution >= 4 is 11.6 Å². The molecule has 0 radical (unpaired) electrons. The molecule has 2 N–H and O–H groups in total. The third-order valence-electron chi connectivity index (χ3n) is 3.03. The minimum absolute atomic E-state index is 0.0537. The number of hydrogen-bond acceptors (Lipinski definition) is 3. The number of nitrogens with one attached hydrogen (secondary N) is 1. The van der Waals surface area contributed by atoms with Crippen LogP contribution in [0.25, 0.3) is 0 Å². The van der Waals surface area contributed by atoms with Gasteiger partial charge < -0.3 is 5.11 Å². The summed E-state index contributed by atoms with van der Waals surface area (Å²) < 4.78 is 0. The zero-order chi connectivity index (χ0) is 15.1. The van der Waals surface area contributed by atoms with Gasteiger partial charge in [-0.3, -0.25) is 4.79 Å². The van der Waals surface area contributed by atoms with E-state index in [1.54, 1.807) is 18.2 Å². The van der Waals surface area contributed by atoms with E-state index in [0.29, 0.717) is 0 Å². The zero-order valence-electron chi connectivity index (χ0n) is 11.9. The first-order valence-corrected chi connectivity index (χ1v) is 6.92. The van der Waals surface area contributed by atoms with Crippen molar-refractivity contribution in [3.05, 3.63) is 65.7 Å². The maximum Gasteiger partial charge on any atom is 0.275 e. The van der Waals surface area contributed by atoms with Crippen LogP contribution >= 0.6 is 0 Å². The van der Waals surface area contributed by atoms with Crippen molar-refractivity contribution in [3.8, 4) is 5.75 Å². The third kappa shape index (κ3) is 3.92. The van der Waals surface area contributed by atoms with Gasteiger partial charge in [0.25, 0.3) is 5.91 Å². The Hall–Kier alpha value is -2.62. The maximum absolute atomic E-state index is 12.0. The third-order valence-corrected chi connectivity index (χ3v) is 3.03. The van der Waals surface area contributed by atoms with Crippen molar-refractivity contribution < 1.29 is 9.90 Å². The molecule has 0 aliphatic rings. The van der Waals surface area contributed by atoms with Crippen molar-refractivity contribution in [3.63, 3.8) is 0 Å². The molecule has 0 bridgehead atoms. The highest BCUT2D eigenvalue weighted by Crippen LogP contribution is 2.15. The SMILES string of the molecule is CCCC(=NNC(=O)c1ccccc1O)c1ccccc1. The molecule has 2 aromatic rings. The van der Waals surface area contributed by atoms with E-state index in [4.69, 9.17) is 0 Å². The van der Waals surface area contributed by atoms with E-state index < -0.39 is 5.91 Å². The Morgan fingerprint density at radius 1 is 1.10 bits per heavy atom. The van der Waals surface area contributed by atoms with E-state index in [1.807, 2.05) is 30.3 Å². The summed E-state index contributed by atoms with van der Waals surface area (Å²) in [6.45, 7) is 2.06. The van der Waals surface area contributed by atoms with Gasteiger partial charge in [0.05, 0.1) is 11.3 Å². The molecular weight excluding hydrogens is 264 g/mol. The number of hydrazone groups is 1. The molecule has 0 aliphatic heterocycles. The van der Waals surface area contributed by atoms with Gasteiger partial charge in [0.15, 0.2) is 0 Å². The van der Waals surface area contributed by atoms with Crippen LogP contribution in [0.15, 0.2) is 59.7 Å². The van der Waals surface area contributed by atoms with Crippen LogP contribution in [0.1, 0.15) is 35.7 Å². The van der Waals surface area contributed by atoms with Crippen molar-refractivity contribution in [1.82, 2.24) is 5.43 Å². The molecule has 2 aromatic carbocycles. The second kappa shape index (κ2) is 7.24. The molecule has 2 rings (SSSR count). The number of hydrogen-bond donors (Lipinski definition) is 2. The molecule has 0 fully saturated rings. The smallest absolute Gasteiger partial charge is 0.275 e. The first-order chi connectivity index (χ1) is 10.2. The molecule has 108 valence electrons. The second-order valence-corrected chi connectivity index (χ2v) is 4.63. The predicted octanol–water partition coefficient (Wildman–Crippen LogP) is 3.33. The number of nitrogens with zero attached hydrogens (tertiary/aromatic N) is 1. The lowest BCUT2D eigenvalue weighted by molar-refractivity contribution is 0.0952. The van der Waals surface area contributed by atoms with Crippen LogP contribution < -0.4 is 5.43 Å². The van der Waals surface area contributed by atoms with Crippen LogP contribution in [0.4, 0.5) is 0 Å². The molecule has 0 saturated heterocycles. The summed E-state index contributed by atoms with van der Waals surface area (Å²) in [5.74, 6) is -0.473. The number of para-hydroxylation sites is 1. The predicted molar refractivity (Wildman–Crippen MR) is 83.5 cm³/mol. The zero-order valence-corrected chi connectivity index (χ0v) is 11.9. The van der Waals surface area contributed by atoms with E-state index in [1.165, 1.54) is 6.07 Å². The lowest BCUT2D eigenvalue weighted by Gasteiger charge is -2.07. The number of aromatic hydroxyl groups is 1. The van der Waals surface area contributed by atoms with E-state index in [-0.39, 0.29) is 11.3 Å². The van der Waals surface area contributed by atoms with Crippen LogP contribution in [0.3, 0.4) is 0 Å². The first kappa shape index (κ1) is 14.8. The minimum Gasteiger partial charge on any atom is -0.507 e. The molecule has 0 heterocycles. The molecule has 4 nitrogen and oxygen atoms in total. The number of carbonyl (C=O) groups is 1. The van der Waals surface area contributed by atoms with Gasteiger partial charge in [-0.05, 0) is 24.1 Å². The Kier molecular flexibility index (Phi) is 5.10. The summed E-state index contributed by atoms with van der Waals surface area (Å²) in [7, 11) is 0. The molecule has 1 amide bonds. The topological polar surface area (TPSA) is 61.7 Å². The second-order valence-electron chi connectivity index (χ2n) is 4.63.